The third-order valence-corrected chi connectivity index (χ3v) is 4.05. The van der Waals surface area contributed by atoms with Gasteiger partial charge in [0.1, 0.15) is 0 Å². The molecule has 0 bridgehead atoms. The molecule has 0 heterocycles. The second-order valence-electron chi connectivity index (χ2n) is 6.08. The van der Waals surface area contributed by atoms with Gasteiger partial charge >= 0.3 is 5.97 Å². The summed E-state index contributed by atoms with van der Waals surface area (Å²) in [4.78, 5) is 22.3. The van der Waals surface area contributed by atoms with E-state index in [0.29, 0.717) is 6.42 Å². The first kappa shape index (κ1) is 20.1. The van der Waals surface area contributed by atoms with Crippen LogP contribution in [0.1, 0.15) is 45.4 Å². The van der Waals surface area contributed by atoms with Gasteiger partial charge in [0.25, 0.3) is 0 Å². The molecule has 1 aliphatic carbocycles. The summed E-state index contributed by atoms with van der Waals surface area (Å²) in [6.07, 6.45) is 18.4. The fourth-order valence-electron chi connectivity index (χ4n) is 2.67. The van der Waals surface area contributed by atoms with Crippen LogP contribution < -0.4 is 0 Å². The number of carboxylic acids is 1. The largest absolute Gasteiger partial charge is 0.478 e. The number of carboxylic acid groups (broad SMARTS) is 1. The molecule has 0 saturated carbocycles. The van der Waals surface area contributed by atoms with Gasteiger partial charge in [-0.3, -0.25) is 4.79 Å². The van der Waals surface area contributed by atoms with Crippen molar-refractivity contribution in [2.75, 3.05) is 0 Å². The summed E-state index contributed by atoms with van der Waals surface area (Å²) in [5.74, 6) is -0.965. The van der Waals surface area contributed by atoms with Crippen LogP contribution in [0.4, 0.5) is 0 Å². The van der Waals surface area contributed by atoms with Crippen LogP contribution in [-0.4, -0.2) is 28.1 Å². The molecule has 0 aromatic carbocycles. The van der Waals surface area contributed by atoms with E-state index in [1.807, 2.05) is 24.3 Å². The number of aliphatic carboxylic acids is 1. The SMILES string of the molecule is CCCCC[C@H](O)C=C[C@H]1C(=O)C=C[C@@H]1CC=CCC=CC(=O)O. The van der Waals surface area contributed by atoms with E-state index in [-0.39, 0.29) is 17.6 Å². The van der Waals surface area contributed by atoms with Crippen LogP contribution in [0.25, 0.3) is 0 Å². The topological polar surface area (TPSA) is 74.6 Å². The van der Waals surface area contributed by atoms with Crippen molar-refractivity contribution in [2.24, 2.45) is 11.8 Å². The average molecular weight is 332 g/mol. The third-order valence-electron chi connectivity index (χ3n) is 4.05. The van der Waals surface area contributed by atoms with E-state index in [9.17, 15) is 14.7 Å². The first-order valence-electron chi connectivity index (χ1n) is 8.67. The molecule has 4 nitrogen and oxygen atoms in total. The third kappa shape index (κ3) is 8.06. The molecule has 1 aliphatic rings. The predicted molar refractivity (Wildman–Crippen MR) is 95.6 cm³/mol. The van der Waals surface area contributed by atoms with Crippen LogP contribution >= 0.6 is 0 Å². The Hall–Kier alpha value is -1.94. The van der Waals surface area contributed by atoms with Gasteiger partial charge in [-0.25, -0.2) is 4.79 Å². The highest BCUT2D eigenvalue weighted by atomic mass is 16.4. The van der Waals surface area contributed by atoms with E-state index >= 15 is 0 Å². The fraction of sp³-hybridized carbons (Fsp3) is 0.500. The maximum absolute atomic E-state index is 11.9. The number of hydrogen-bond donors (Lipinski definition) is 2. The zero-order valence-corrected chi connectivity index (χ0v) is 14.3. The summed E-state index contributed by atoms with van der Waals surface area (Å²) < 4.78 is 0. The van der Waals surface area contributed by atoms with Crippen LogP contribution in [0, 0.1) is 11.8 Å². The normalized spacial score (nSPS) is 22.3. The Morgan fingerprint density at radius 3 is 2.79 bits per heavy atom. The quantitative estimate of drug-likeness (QED) is 0.342. The molecule has 132 valence electrons. The van der Waals surface area contributed by atoms with Crippen molar-refractivity contribution >= 4 is 11.8 Å². The van der Waals surface area contributed by atoms with Gasteiger partial charge in [0, 0.05) is 12.0 Å². The highest BCUT2D eigenvalue weighted by Crippen LogP contribution is 2.27. The number of aliphatic hydroxyl groups excluding tert-OH is 1. The van der Waals surface area contributed by atoms with Crippen LogP contribution in [-0.2, 0) is 9.59 Å². The van der Waals surface area contributed by atoms with E-state index < -0.39 is 12.1 Å². The highest BCUT2D eigenvalue weighted by molar-refractivity contribution is 5.95. The number of ketones is 1. The lowest BCUT2D eigenvalue weighted by Gasteiger charge is -2.13. The minimum Gasteiger partial charge on any atom is -0.478 e. The second kappa shape index (κ2) is 11.6. The Labute approximate surface area is 144 Å². The highest BCUT2D eigenvalue weighted by Gasteiger charge is 2.26. The van der Waals surface area contributed by atoms with Gasteiger partial charge in [-0.15, -0.1) is 0 Å². The number of rotatable bonds is 11. The van der Waals surface area contributed by atoms with Gasteiger partial charge in [-0.1, -0.05) is 62.6 Å². The van der Waals surface area contributed by atoms with Crippen LogP contribution in [0.15, 0.2) is 48.6 Å². The molecule has 1 rings (SSSR count). The molecular formula is C20H28O4. The second-order valence-corrected chi connectivity index (χ2v) is 6.08. The Morgan fingerprint density at radius 2 is 2.08 bits per heavy atom. The van der Waals surface area contributed by atoms with Crippen molar-refractivity contribution in [2.45, 2.75) is 51.6 Å². The number of unbranched alkanes of at least 4 members (excludes halogenated alkanes) is 2. The minimum atomic E-state index is -0.949. The van der Waals surface area contributed by atoms with E-state index in [1.165, 1.54) is 0 Å². The molecule has 4 heteroatoms. The average Bonchev–Trinajstić information content (AvgIpc) is 2.89. The van der Waals surface area contributed by atoms with Gasteiger partial charge in [-0.2, -0.15) is 0 Å². The van der Waals surface area contributed by atoms with Crippen molar-refractivity contribution in [3.8, 4) is 0 Å². The maximum Gasteiger partial charge on any atom is 0.327 e. The number of allylic oxidation sites excluding steroid dienone is 6. The lowest BCUT2D eigenvalue weighted by Crippen LogP contribution is -2.14. The smallest absolute Gasteiger partial charge is 0.327 e. The molecule has 24 heavy (non-hydrogen) atoms. The van der Waals surface area contributed by atoms with E-state index in [0.717, 1.165) is 38.2 Å². The van der Waals surface area contributed by atoms with E-state index in [2.05, 4.69) is 6.92 Å². The number of hydrogen-bond acceptors (Lipinski definition) is 3. The molecule has 0 fully saturated rings. The van der Waals surface area contributed by atoms with Crippen molar-refractivity contribution in [3.63, 3.8) is 0 Å². The number of aliphatic hydroxyl groups is 1. The molecule has 0 unspecified atom stereocenters. The lowest BCUT2D eigenvalue weighted by molar-refractivity contribution is -0.131. The maximum atomic E-state index is 11.9. The van der Waals surface area contributed by atoms with Crippen LogP contribution in [0.5, 0.6) is 0 Å². The summed E-state index contributed by atoms with van der Waals surface area (Å²) in [6, 6.07) is 0. The molecule has 0 radical (unpaired) electrons. The molecule has 2 N–H and O–H groups in total. The van der Waals surface area contributed by atoms with Gasteiger partial charge in [0.15, 0.2) is 5.78 Å². The predicted octanol–water partition coefficient (Wildman–Crippen LogP) is 3.83. The van der Waals surface area contributed by atoms with Crippen molar-refractivity contribution < 1.29 is 19.8 Å². The molecule has 0 spiro atoms. The van der Waals surface area contributed by atoms with Crippen LogP contribution in [0.3, 0.4) is 0 Å². The van der Waals surface area contributed by atoms with Gasteiger partial charge in [0.05, 0.1) is 6.10 Å². The van der Waals surface area contributed by atoms with Crippen LogP contribution in [0.2, 0.25) is 0 Å². The number of carbonyl (C=O) groups is 2. The fourth-order valence-corrected chi connectivity index (χ4v) is 2.67. The monoisotopic (exact) mass is 332 g/mol. The molecule has 0 aromatic heterocycles. The Bertz CT molecular complexity index is 514. The molecule has 0 saturated heterocycles. The minimum absolute atomic E-state index is 0.0798. The molecule has 0 amide bonds. The van der Waals surface area contributed by atoms with Crippen molar-refractivity contribution in [1.82, 2.24) is 0 Å². The van der Waals surface area contributed by atoms with E-state index in [4.69, 9.17) is 5.11 Å². The first-order chi connectivity index (χ1) is 11.5. The zero-order chi connectivity index (χ0) is 17.8. The summed E-state index contributed by atoms with van der Waals surface area (Å²) in [5.41, 5.74) is 0. The summed E-state index contributed by atoms with van der Waals surface area (Å²) in [7, 11) is 0. The molecule has 3 atom stereocenters. The van der Waals surface area contributed by atoms with Gasteiger partial charge in [0.2, 0.25) is 0 Å². The summed E-state index contributed by atoms with van der Waals surface area (Å²) in [6.45, 7) is 2.13. The summed E-state index contributed by atoms with van der Waals surface area (Å²) in [5, 5.41) is 18.4. The molecule has 0 aliphatic heterocycles. The lowest BCUT2D eigenvalue weighted by atomic mass is 9.90. The Morgan fingerprint density at radius 1 is 1.29 bits per heavy atom. The Kier molecular flexibility index (Phi) is 9.70. The van der Waals surface area contributed by atoms with Gasteiger partial charge < -0.3 is 10.2 Å². The zero-order valence-electron chi connectivity index (χ0n) is 14.3. The molecule has 0 aromatic rings. The van der Waals surface area contributed by atoms with Crippen molar-refractivity contribution in [3.05, 3.63) is 48.6 Å². The summed E-state index contributed by atoms with van der Waals surface area (Å²) >= 11 is 0. The van der Waals surface area contributed by atoms with E-state index in [1.54, 1.807) is 18.2 Å². The standard InChI is InChI=1S/C20H28O4/c1-2-3-6-10-17(21)13-14-18-16(12-15-19(18)22)9-7-4-5-8-11-20(23)24/h4,7-8,11-18,21H,2-3,5-6,9-10H2,1H3,(H,23,24)/t16-,17-,18+/m0/s1. The van der Waals surface area contributed by atoms with Crippen molar-refractivity contribution in [1.29, 1.82) is 0 Å². The number of carbonyl (C=O) groups excluding carboxylic acids is 1. The molecular weight excluding hydrogens is 304 g/mol. The van der Waals surface area contributed by atoms with Gasteiger partial charge in [-0.05, 0) is 31.3 Å². The first-order valence-corrected chi connectivity index (χ1v) is 8.67. The Balaban J connectivity index is 2.43.